The highest BCUT2D eigenvalue weighted by molar-refractivity contribution is 7.98. The number of aryl methyl sites for hydroxylation is 1. The number of aromatic nitrogens is 4. The van der Waals surface area contributed by atoms with E-state index >= 15 is 0 Å². The molecule has 0 aromatic carbocycles. The molecular formula is C15H21N5OS. The van der Waals surface area contributed by atoms with Gasteiger partial charge >= 0.3 is 0 Å². The third-order valence-electron chi connectivity index (χ3n) is 4.39. The van der Waals surface area contributed by atoms with Crippen LogP contribution in [-0.2, 0) is 26.6 Å². The molecule has 22 heavy (non-hydrogen) atoms. The number of thioether (sulfide) groups is 1. The quantitative estimate of drug-likeness (QED) is 0.684. The van der Waals surface area contributed by atoms with Crippen LogP contribution < -0.4 is 5.56 Å². The van der Waals surface area contributed by atoms with E-state index in [1.165, 1.54) is 17.5 Å². The van der Waals surface area contributed by atoms with Gasteiger partial charge in [-0.05, 0) is 20.1 Å². The SMILES string of the molecule is CSc1nc2c(c(=O)[nH]1)CN(Cc1nc(C)c(C)n1C)CC2. The molecule has 1 aliphatic heterocycles. The monoisotopic (exact) mass is 319 g/mol. The predicted molar refractivity (Wildman–Crippen MR) is 87.1 cm³/mol. The lowest BCUT2D eigenvalue weighted by Gasteiger charge is -2.27. The molecule has 0 aliphatic carbocycles. The number of nitrogens with zero attached hydrogens (tertiary/aromatic N) is 4. The van der Waals surface area contributed by atoms with Crippen molar-refractivity contribution in [2.24, 2.45) is 7.05 Å². The Labute approximate surface area is 134 Å². The standard InChI is InChI=1S/C15H21N5OS/c1-9-10(2)19(3)13(16-9)8-20-6-5-12-11(7-20)14(21)18-15(17-12)22-4/h5-8H2,1-4H3,(H,17,18,21). The van der Waals surface area contributed by atoms with Gasteiger partial charge in [-0.2, -0.15) is 0 Å². The molecule has 7 heteroatoms. The summed E-state index contributed by atoms with van der Waals surface area (Å²) >= 11 is 1.47. The van der Waals surface area contributed by atoms with E-state index in [0.29, 0.717) is 11.7 Å². The normalized spacial score (nSPS) is 15.1. The number of hydrogen-bond donors (Lipinski definition) is 1. The molecule has 2 aromatic heterocycles. The van der Waals surface area contributed by atoms with Crippen molar-refractivity contribution in [1.82, 2.24) is 24.4 Å². The van der Waals surface area contributed by atoms with E-state index in [1.54, 1.807) is 0 Å². The maximum atomic E-state index is 12.2. The van der Waals surface area contributed by atoms with E-state index in [1.807, 2.05) is 20.2 Å². The van der Waals surface area contributed by atoms with Crippen molar-refractivity contribution >= 4 is 11.8 Å². The summed E-state index contributed by atoms with van der Waals surface area (Å²) in [5, 5.41) is 0.701. The van der Waals surface area contributed by atoms with Crippen molar-refractivity contribution in [3.05, 3.63) is 38.8 Å². The van der Waals surface area contributed by atoms with Gasteiger partial charge in [-0.1, -0.05) is 11.8 Å². The summed E-state index contributed by atoms with van der Waals surface area (Å²) in [5.74, 6) is 1.04. The van der Waals surface area contributed by atoms with Crippen LogP contribution in [0.2, 0.25) is 0 Å². The Morgan fingerprint density at radius 1 is 1.32 bits per heavy atom. The first kappa shape index (κ1) is 15.3. The Bertz CT molecular complexity index is 764. The third kappa shape index (κ3) is 2.70. The molecule has 0 bridgehead atoms. The van der Waals surface area contributed by atoms with Gasteiger partial charge in [0.05, 0.1) is 23.5 Å². The average Bonchev–Trinajstić information content (AvgIpc) is 2.75. The van der Waals surface area contributed by atoms with Crippen LogP contribution in [0.25, 0.3) is 0 Å². The summed E-state index contributed by atoms with van der Waals surface area (Å²) in [6.07, 6.45) is 2.74. The molecule has 0 fully saturated rings. The second-order valence-corrected chi connectivity index (χ2v) is 6.51. The molecule has 6 nitrogen and oxygen atoms in total. The first-order valence-electron chi connectivity index (χ1n) is 7.36. The van der Waals surface area contributed by atoms with E-state index in [0.717, 1.165) is 42.3 Å². The van der Waals surface area contributed by atoms with Crippen molar-refractivity contribution in [3.8, 4) is 0 Å². The summed E-state index contributed by atoms with van der Waals surface area (Å²) in [7, 11) is 2.04. The van der Waals surface area contributed by atoms with Gasteiger partial charge in [0.15, 0.2) is 5.16 Å². The molecule has 0 radical (unpaired) electrons. The van der Waals surface area contributed by atoms with E-state index in [4.69, 9.17) is 0 Å². The molecular weight excluding hydrogens is 298 g/mol. The highest BCUT2D eigenvalue weighted by atomic mass is 32.2. The van der Waals surface area contributed by atoms with Crippen LogP contribution in [0.4, 0.5) is 0 Å². The van der Waals surface area contributed by atoms with E-state index in [2.05, 4.69) is 31.3 Å². The number of hydrogen-bond acceptors (Lipinski definition) is 5. The maximum absolute atomic E-state index is 12.2. The zero-order valence-corrected chi connectivity index (χ0v) is 14.3. The molecule has 0 spiro atoms. The number of aromatic amines is 1. The fourth-order valence-corrected chi connectivity index (χ4v) is 3.21. The van der Waals surface area contributed by atoms with Crippen molar-refractivity contribution in [3.63, 3.8) is 0 Å². The van der Waals surface area contributed by atoms with Gasteiger partial charge in [-0.15, -0.1) is 0 Å². The lowest BCUT2D eigenvalue weighted by molar-refractivity contribution is 0.232. The Morgan fingerprint density at radius 2 is 2.09 bits per heavy atom. The van der Waals surface area contributed by atoms with E-state index in [9.17, 15) is 4.79 Å². The average molecular weight is 319 g/mol. The first-order valence-corrected chi connectivity index (χ1v) is 8.59. The molecule has 1 N–H and O–H groups in total. The van der Waals surface area contributed by atoms with E-state index < -0.39 is 0 Å². The fourth-order valence-electron chi connectivity index (χ4n) is 2.82. The molecule has 0 unspecified atom stereocenters. The third-order valence-corrected chi connectivity index (χ3v) is 4.98. The molecule has 3 rings (SSSR count). The van der Waals surface area contributed by atoms with Gasteiger partial charge in [0, 0.05) is 32.3 Å². The first-order chi connectivity index (χ1) is 10.5. The van der Waals surface area contributed by atoms with Crippen LogP contribution in [0.3, 0.4) is 0 Å². The van der Waals surface area contributed by atoms with Crippen LogP contribution >= 0.6 is 11.8 Å². The van der Waals surface area contributed by atoms with Gasteiger partial charge < -0.3 is 9.55 Å². The number of rotatable bonds is 3. The largest absolute Gasteiger partial charge is 0.334 e. The summed E-state index contributed by atoms with van der Waals surface area (Å²) < 4.78 is 2.13. The van der Waals surface area contributed by atoms with Crippen molar-refractivity contribution in [2.75, 3.05) is 12.8 Å². The Kier molecular flexibility index (Phi) is 4.10. The van der Waals surface area contributed by atoms with Crippen LogP contribution in [-0.4, -0.2) is 37.2 Å². The van der Waals surface area contributed by atoms with Crippen LogP contribution in [0.1, 0.15) is 28.5 Å². The van der Waals surface area contributed by atoms with Crippen molar-refractivity contribution < 1.29 is 0 Å². The number of nitrogens with one attached hydrogen (secondary N) is 1. The highest BCUT2D eigenvalue weighted by Gasteiger charge is 2.22. The van der Waals surface area contributed by atoms with Gasteiger partial charge in [0.1, 0.15) is 5.82 Å². The lowest BCUT2D eigenvalue weighted by Crippen LogP contribution is -2.36. The number of fused-ring (bicyclic) bond motifs is 1. The number of H-pyrrole nitrogens is 1. The second kappa shape index (κ2) is 5.89. The highest BCUT2D eigenvalue weighted by Crippen LogP contribution is 2.18. The van der Waals surface area contributed by atoms with Crippen molar-refractivity contribution in [1.29, 1.82) is 0 Å². The lowest BCUT2D eigenvalue weighted by atomic mass is 10.1. The smallest absolute Gasteiger partial charge is 0.256 e. The maximum Gasteiger partial charge on any atom is 0.256 e. The molecule has 0 saturated heterocycles. The minimum Gasteiger partial charge on any atom is -0.334 e. The summed E-state index contributed by atoms with van der Waals surface area (Å²) in [6.45, 7) is 6.41. The van der Waals surface area contributed by atoms with Gasteiger partial charge in [-0.25, -0.2) is 9.97 Å². The molecule has 0 amide bonds. The Hall–Kier alpha value is -1.60. The Balaban J connectivity index is 1.82. The topological polar surface area (TPSA) is 66.8 Å². The fraction of sp³-hybridized carbons (Fsp3) is 0.533. The summed E-state index contributed by atoms with van der Waals surface area (Å²) in [4.78, 5) is 26.5. The second-order valence-electron chi connectivity index (χ2n) is 5.72. The van der Waals surface area contributed by atoms with Gasteiger partial charge in [0.25, 0.3) is 5.56 Å². The zero-order chi connectivity index (χ0) is 15.9. The van der Waals surface area contributed by atoms with Crippen LogP contribution in [0.15, 0.2) is 9.95 Å². The van der Waals surface area contributed by atoms with Gasteiger partial charge in [0.2, 0.25) is 0 Å². The minimum atomic E-state index is -0.00810. The molecule has 0 saturated carbocycles. The molecule has 1 aliphatic rings. The molecule has 0 atom stereocenters. The predicted octanol–water partition coefficient (Wildman–Crippen LogP) is 1.40. The van der Waals surface area contributed by atoms with Crippen LogP contribution in [0.5, 0.6) is 0 Å². The molecule has 2 aromatic rings. The molecule has 3 heterocycles. The van der Waals surface area contributed by atoms with Crippen LogP contribution in [0, 0.1) is 13.8 Å². The minimum absolute atomic E-state index is 0.00810. The number of imidazole rings is 1. The Morgan fingerprint density at radius 3 is 2.73 bits per heavy atom. The van der Waals surface area contributed by atoms with Gasteiger partial charge in [-0.3, -0.25) is 9.69 Å². The zero-order valence-electron chi connectivity index (χ0n) is 13.4. The summed E-state index contributed by atoms with van der Waals surface area (Å²) in [5.41, 5.74) is 3.99. The molecule has 118 valence electrons. The van der Waals surface area contributed by atoms with E-state index in [-0.39, 0.29) is 5.56 Å². The van der Waals surface area contributed by atoms with Crippen molar-refractivity contribution in [2.45, 2.75) is 38.5 Å². The summed E-state index contributed by atoms with van der Waals surface area (Å²) in [6, 6.07) is 0.